The highest BCUT2D eigenvalue weighted by Gasteiger charge is 2.15. The predicted octanol–water partition coefficient (Wildman–Crippen LogP) is 4.45. The Morgan fingerprint density at radius 3 is 2.38 bits per heavy atom. The van der Waals surface area contributed by atoms with Crippen LogP contribution >= 0.6 is 11.8 Å². The number of carbonyl (C=O) groups is 1. The van der Waals surface area contributed by atoms with Gasteiger partial charge < -0.3 is 14.5 Å². The Morgan fingerprint density at radius 1 is 1.07 bits per heavy atom. The lowest BCUT2D eigenvalue weighted by molar-refractivity contribution is -0.118. The maximum Gasteiger partial charge on any atom is 0.277 e. The first kappa shape index (κ1) is 20.9. The minimum Gasteiger partial charge on any atom is -0.497 e. The minimum atomic E-state index is -0.0971. The Labute approximate surface area is 175 Å². The standard InChI is InChI=1S/C22H25N3O3S/c1-22(2,3)17-9-7-16(8-10-17)20-24-25-21(28-20)29-14-19(26)23-13-15-5-11-18(27-4)12-6-15/h5-12H,13-14H2,1-4H3,(H,23,26). The van der Waals surface area contributed by atoms with Gasteiger partial charge in [0.2, 0.25) is 11.8 Å². The zero-order valence-electron chi connectivity index (χ0n) is 17.1. The van der Waals surface area contributed by atoms with E-state index in [1.54, 1.807) is 7.11 Å². The van der Waals surface area contributed by atoms with Crippen LogP contribution in [0.5, 0.6) is 5.75 Å². The maximum atomic E-state index is 12.1. The van der Waals surface area contributed by atoms with Crippen molar-refractivity contribution in [2.24, 2.45) is 0 Å². The molecule has 1 N–H and O–H groups in total. The monoisotopic (exact) mass is 411 g/mol. The smallest absolute Gasteiger partial charge is 0.277 e. The largest absolute Gasteiger partial charge is 0.497 e. The van der Waals surface area contributed by atoms with Crippen LogP contribution in [0.15, 0.2) is 58.2 Å². The molecule has 6 nitrogen and oxygen atoms in total. The van der Waals surface area contributed by atoms with Gasteiger partial charge in [0.05, 0.1) is 12.9 Å². The lowest BCUT2D eigenvalue weighted by atomic mass is 9.87. The molecular weight excluding hydrogens is 386 g/mol. The molecule has 152 valence electrons. The van der Waals surface area contributed by atoms with Gasteiger partial charge in [-0.05, 0) is 40.8 Å². The molecule has 29 heavy (non-hydrogen) atoms. The number of nitrogens with one attached hydrogen (secondary N) is 1. The molecule has 0 aliphatic heterocycles. The summed E-state index contributed by atoms with van der Waals surface area (Å²) in [6.07, 6.45) is 0. The Morgan fingerprint density at radius 2 is 1.76 bits per heavy atom. The van der Waals surface area contributed by atoms with Crippen LogP contribution in [0.2, 0.25) is 0 Å². The van der Waals surface area contributed by atoms with E-state index < -0.39 is 0 Å². The normalized spacial score (nSPS) is 11.3. The SMILES string of the molecule is COc1ccc(CNC(=O)CSc2nnc(-c3ccc(C(C)(C)C)cc3)o2)cc1. The van der Waals surface area contributed by atoms with Crippen LogP contribution in [0.3, 0.4) is 0 Å². The summed E-state index contributed by atoms with van der Waals surface area (Å²) in [5, 5.41) is 11.4. The second-order valence-electron chi connectivity index (χ2n) is 7.61. The quantitative estimate of drug-likeness (QED) is 0.579. The van der Waals surface area contributed by atoms with E-state index in [0.29, 0.717) is 17.7 Å². The van der Waals surface area contributed by atoms with E-state index in [9.17, 15) is 4.79 Å². The number of carbonyl (C=O) groups excluding carboxylic acids is 1. The number of methoxy groups -OCH3 is 1. The van der Waals surface area contributed by atoms with Crippen LogP contribution < -0.4 is 10.1 Å². The van der Waals surface area contributed by atoms with Gasteiger partial charge in [0.15, 0.2) is 0 Å². The molecule has 0 fully saturated rings. The highest BCUT2D eigenvalue weighted by Crippen LogP contribution is 2.27. The van der Waals surface area contributed by atoms with Gasteiger partial charge in [0.25, 0.3) is 5.22 Å². The summed E-state index contributed by atoms with van der Waals surface area (Å²) in [6.45, 7) is 6.97. The lowest BCUT2D eigenvalue weighted by Crippen LogP contribution is -2.24. The van der Waals surface area contributed by atoms with Gasteiger partial charge in [-0.1, -0.05) is 56.8 Å². The lowest BCUT2D eigenvalue weighted by Gasteiger charge is -2.18. The number of rotatable bonds is 7. The molecule has 0 saturated heterocycles. The molecular formula is C22H25N3O3S. The first-order valence-electron chi connectivity index (χ1n) is 9.32. The predicted molar refractivity (Wildman–Crippen MR) is 114 cm³/mol. The molecule has 0 unspecified atom stereocenters. The summed E-state index contributed by atoms with van der Waals surface area (Å²) < 4.78 is 10.8. The highest BCUT2D eigenvalue weighted by atomic mass is 32.2. The van der Waals surface area contributed by atoms with E-state index in [1.165, 1.54) is 17.3 Å². The second-order valence-corrected chi connectivity index (χ2v) is 8.54. The molecule has 2 aromatic carbocycles. The number of ether oxygens (including phenoxy) is 1. The molecule has 1 heterocycles. The molecule has 0 aliphatic carbocycles. The van der Waals surface area contributed by atoms with Crippen LogP contribution in [0, 0.1) is 0 Å². The number of thioether (sulfide) groups is 1. The summed E-state index contributed by atoms with van der Waals surface area (Å²) in [4.78, 5) is 12.1. The third kappa shape index (κ3) is 5.84. The van der Waals surface area contributed by atoms with Gasteiger partial charge in [-0.15, -0.1) is 10.2 Å². The minimum absolute atomic E-state index is 0.0908. The van der Waals surface area contributed by atoms with Crippen molar-refractivity contribution in [3.05, 3.63) is 59.7 Å². The van der Waals surface area contributed by atoms with Crippen molar-refractivity contribution in [3.8, 4) is 17.2 Å². The molecule has 3 rings (SSSR count). The third-order valence-electron chi connectivity index (χ3n) is 4.38. The molecule has 0 spiro atoms. The van der Waals surface area contributed by atoms with Gasteiger partial charge >= 0.3 is 0 Å². The number of nitrogens with zero attached hydrogens (tertiary/aromatic N) is 2. The molecule has 0 atom stereocenters. The number of amides is 1. The van der Waals surface area contributed by atoms with Crippen molar-refractivity contribution in [2.45, 2.75) is 38.0 Å². The summed E-state index contributed by atoms with van der Waals surface area (Å²) in [5.74, 6) is 1.35. The van der Waals surface area contributed by atoms with Crippen molar-refractivity contribution in [1.82, 2.24) is 15.5 Å². The molecule has 7 heteroatoms. The first-order chi connectivity index (χ1) is 13.8. The van der Waals surface area contributed by atoms with Crippen molar-refractivity contribution in [2.75, 3.05) is 12.9 Å². The van der Waals surface area contributed by atoms with Gasteiger partial charge in [0, 0.05) is 12.1 Å². The van der Waals surface area contributed by atoms with Gasteiger partial charge in [-0.25, -0.2) is 0 Å². The maximum absolute atomic E-state index is 12.1. The number of benzene rings is 2. The zero-order chi connectivity index (χ0) is 20.9. The van der Waals surface area contributed by atoms with Crippen molar-refractivity contribution >= 4 is 17.7 Å². The fourth-order valence-corrected chi connectivity index (χ4v) is 3.21. The zero-order valence-corrected chi connectivity index (χ0v) is 17.9. The molecule has 0 bridgehead atoms. The van der Waals surface area contributed by atoms with E-state index in [-0.39, 0.29) is 17.1 Å². The number of hydrogen-bond acceptors (Lipinski definition) is 6. The van der Waals surface area contributed by atoms with Crippen LogP contribution in [0.4, 0.5) is 0 Å². The summed E-state index contributed by atoms with van der Waals surface area (Å²) in [7, 11) is 1.62. The average Bonchev–Trinajstić information content (AvgIpc) is 3.19. The molecule has 0 radical (unpaired) electrons. The summed E-state index contributed by atoms with van der Waals surface area (Å²) >= 11 is 1.22. The number of hydrogen-bond donors (Lipinski definition) is 1. The highest BCUT2D eigenvalue weighted by molar-refractivity contribution is 7.99. The third-order valence-corrected chi connectivity index (χ3v) is 5.20. The molecule has 0 saturated carbocycles. The van der Waals surface area contributed by atoms with Crippen molar-refractivity contribution in [1.29, 1.82) is 0 Å². The van der Waals surface area contributed by atoms with Crippen molar-refractivity contribution in [3.63, 3.8) is 0 Å². The Hall–Kier alpha value is -2.80. The second kappa shape index (κ2) is 9.13. The van der Waals surface area contributed by atoms with E-state index in [0.717, 1.165) is 16.9 Å². The van der Waals surface area contributed by atoms with Gasteiger partial charge in [0.1, 0.15) is 5.75 Å². The Balaban J connectivity index is 1.50. The first-order valence-corrected chi connectivity index (χ1v) is 10.3. The Bertz CT molecular complexity index is 945. The molecule has 3 aromatic rings. The van der Waals surface area contributed by atoms with E-state index in [2.05, 4.69) is 48.4 Å². The van der Waals surface area contributed by atoms with E-state index in [4.69, 9.17) is 9.15 Å². The van der Waals surface area contributed by atoms with Gasteiger partial charge in [-0.3, -0.25) is 4.79 Å². The Kier molecular flexibility index (Phi) is 6.59. The van der Waals surface area contributed by atoms with Gasteiger partial charge in [-0.2, -0.15) is 0 Å². The summed E-state index contributed by atoms with van der Waals surface area (Å²) in [6, 6.07) is 15.7. The van der Waals surface area contributed by atoms with Crippen LogP contribution in [0.25, 0.3) is 11.5 Å². The molecule has 1 amide bonds. The topological polar surface area (TPSA) is 77.2 Å². The van der Waals surface area contributed by atoms with Crippen LogP contribution in [0.1, 0.15) is 31.9 Å². The van der Waals surface area contributed by atoms with Crippen LogP contribution in [-0.2, 0) is 16.8 Å². The number of aromatic nitrogens is 2. The summed E-state index contributed by atoms with van der Waals surface area (Å²) in [5.41, 5.74) is 3.20. The average molecular weight is 412 g/mol. The molecule has 1 aromatic heterocycles. The fourth-order valence-electron chi connectivity index (χ4n) is 2.62. The fraction of sp³-hybridized carbons (Fsp3) is 0.318. The van der Waals surface area contributed by atoms with E-state index >= 15 is 0 Å². The molecule has 0 aliphatic rings. The van der Waals surface area contributed by atoms with E-state index in [1.807, 2.05) is 36.4 Å². The van der Waals surface area contributed by atoms with Crippen molar-refractivity contribution < 1.29 is 13.9 Å². The van der Waals surface area contributed by atoms with Crippen LogP contribution in [-0.4, -0.2) is 29.0 Å².